The van der Waals surface area contributed by atoms with Crippen molar-refractivity contribution < 1.29 is 22.7 Å². The van der Waals surface area contributed by atoms with Gasteiger partial charge in [0.1, 0.15) is 11.5 Å². The second-order valence-electron chi connectivity index (χ2n) is 7.09. The number of carbonyl (C=O) groups excluding carboxylic acids is 1. The highest BCUT2D eigenvalue weighted by Gasteiger charge is 2.25. The Morgan fingerprint density at radius 3 is 2.45 bits per heavy atom. The molecule has 0 bridgehead atoms. The van der Waals surface area contributed by atoms with Crippen molar-refractivity contribution in [1.82, 2.24) is 9.62 Å². The van der Waals surface area contributed by atoms with Gasteiger partial charge in [-0.1, -0.05) is 18.2 Å². The highest BCUT2D eigenvalue weighted by molar-refractivity contribution is 7.89. The zero-order valence-corrected chi connectivity index (χ0v) is 17.4. The Morgan fingerprint density at radius 1 is 1.14 bits per heavy atom. The van der Waals surface area contributed by atoms with Gasteiger partial charge in [-0.25, -0.2) is 17.9 Å². The number of methoxy groups -OCH3 is 1. The summed E-state index contributed by atoms with van der Waals surface area (Å²) < 4.78 is 38.4. The van der Waals surface area contributed by atoms with Crippen LogP contribution in [0, 0.1) is 12.8 Å². The minimum atomic E-state index is -3.59. The van der Waals surface area contributed by atoms with Gasteiger partial charge in [0.25, 0.3) is 0 Å². The highest BCUT2D eigenvalue weighted by Crippen LogP contribution is 2.22. The van der Waals surface area contributed by atoms with Crippen molar-refractivity contribution in [3.8, 4) is 11.5 Å². The first-order chi connectivity index (χ1) is 13.9. The number of hydrogen-bond acceptors (Lipinski definition) is 5. The lowest BCUT2D eigenvalue weighted by Crippen LogP contribution is -2.42. The molecule has 0 aromatic heterocycles. The Balaban J connectivity index is 1.49. The number of rotatable bonds is 6. The lowest BCUT2D eigenvalue weighted by molar-refractivity contribution is 0.131. The molecule has 1 saturated heterocycles. The van der Waals surface area contributed by atoms with Crippen LogP contribution in [-0.2, 0) is 10.0 Å². The zero-order valence-electron chi connectivity index (χ0n) is 16.6. The Morgan fingerprint density at radius 2 is 1.83 bits per heavy atom. The van der Waals surface area contributed by atoms with Gasteiger partial charge >= 0.3 is 6.09 Å². The molecule has 1 aliphatic heterocycles. The van der Waals surface area contributed by atoms with Crippen LogP contribution in [0.5, 0.6) is 11.5 Å². The van der Waals surface area contributed by atoms with Gasteiger partial charge in [0.2, 0.25) is 10.0 Å². The van der Waals surface area contributed by atoms with E-state index in [2.05, 4.69) is 4.72 Å². The molecule has 0 atom stereocenters. The maximum Gasteiger partial charge on any atom is 0.415 e. The third-order valence-corrected chi connectivity index (χ3v) is 6.48. The van der Waals surface area contributed by atoms with Crippen molar-refractivity contribution in [2.45, 2.75) is 24.7 Å². The summed E-state index contributed by atoms with van der Waals surface area (Å²) >= 11 is 0. The summed E-state index contributed by atoms with van der Waals surface area (Å²) in [5.74, 6) is 1.34. The van der Waals surface area contributed by atoms with Crippen LogP contribution in [0.4, 0.5) is 4.79 Å². The first kappa shape index (κ1) is 21.1. The molecule has 1 fully saturated rings. The second-order valence-corrected chi connectivity index (χ2v) is 8.86. The Hall–Kier alpha value is -2.58. The van der Waals surface area contributed by atoms with E-state index in [1.165, 1.54) is 6.07 Å². The van der Waals surface area contributed by atoms with Gasteiger partial charge < -0.3 is 14.4 Å². The molecule has 0 spiro atoms. The van der Waals surface area contributed by atoms with Crippen molar-refractivity contribution in [1.29, 1.82) is 0 Å². The van der Waals surface area contributed by atoms with E-state index >= 15 is 0 Å². The van der Waals surface area contributed by atoms with E-state index in [-0.39, 0.29) is 16.9 Å². The van der Waals surface area contributed by atoms with Crippen LogP contribution < -0.4 is 14.2 Å². The van der Waals surface area contributed by atoms with Crippen LogP contribution in [0.15, 0.2) is 53.4 Å². The molecular weight excluding hydrogens is 392 g/mol. The topological polar surface area (TPSA) is 84.9 Å². The second kappa shape index (κ2) is 9.28. The van der Waals surface area contributed by atoms with E-state index in [0.29, 0.717) is 44.0 Å². The summed E-state index contributed by atoms with van der Waals surface area (Å²) in [4.78, 5) is 14.1. The number of para-hydroxylation sites is 1. The number of sulfonamides is 1. The van der Waals surface area contributed by atoms with Crippen molar-refractivity contribution in [2.75, 3.05) is 26.7 Å². The maximum atomic E-state index is 12.6. The number of nitrogens with one attached hydrogen (secondary N) is 1. The quantitative estimate of drug-likeness (QED) is 0.779. The van der Waals surface area contributed by atoms with Crippen molar-refractivity contribution >= 4 is 16.1 Å². The molecule has 0 unspecified atom stereocenters. The molecule has 1 heterocycles. The summed E-state index contributed by atoms with van der Waals surface area (Å²) in [6.07, 6.45) is 1.06. The van der Waals surface area contributed by atoms with E-state index < -0.39 is 10.0 Å². The van der Waals surface area contributed by atoms with Crippen LogP contribution in [0.2, 0.25) is 0 Å². The van der Waals surface area contributed by atoms with Crippen LogP contribution >= 0.6 is 0 Å². The summed E-state index contributed by atoms with van der Waals surface area (Å²) in [6.45, 7) is 3.23. The Bertz CT molecular complexity index is 939. The van der Waals surface area contributed by atoms with Gasteiger partial charge in [0, 0.05) is 19.6 Å². The first-order valence-electron chi connectivity index (χ1n) is 9.55. The van der Waals surface area contributed by atoms with Gasteiger partial charge in [-0.2, -0.15) is 0 Å². The van der Waals surface area contributed by atoms with Crippen molar-refractivity contribution in [3.05, 3.63) is 54.1 Å². The molecule has 2 aromatic rings. The van der Waals surface area contributed by atoms with Gasteiger partial charge in [-0.3, -0.25) is 0 Å². The third kappa shape index (κ3) is 5.48. The number of aryl methyl sites for hydroxylation is 1. The van der Waals surface area contributed by atoms with Gasteiger partial charge in [-0.15, -0.1) is 0 Å². The SMILES string of the molecule is COc1ccc(S(=O)(=O)NCC2CCN(C(=O)Oc3ccccc3)CC2)cc1C. The van der Waals surface area contributed by atoms with Crippen LogP contribution in [0.1, 0.15) is 18.4 Å². The normalized spacial score (nSPS) is 15.2. The number of ether oxygens (including phenoxy) is 2. The summed E-state index contributed by atoms with van der Waals surface area (Å²) in [5, 5.41) is 0. The first-order valence-corrected chi connectivity index (χ1v) is 11.0. The molecule has 1 amide bonds. The fourth-order valence-electron chi connectivity index (χ4n) is 3.30. The number of benzene rings is 2. The fraction of sp³-hybridized carbons (Fsp3) is 0.381. The number of hydrogen-bond donors (Lipinski definition) is 1. The smallest absolute Gasteiger partial charge is 0.415 e. The Kier molecular flexibility index (Phi) is 6.76. The number of likely N-dealkylation sites (tertiary alicyclic amines) is 1. The molecule has 0 saturated carbocycles. The number of carbonyl (C=O) groups is 1. The van der Waals surface area contributed by atoms with E-state index in [1.54, 1.807) is 36.3 Å². The van der Waals surface area contributed by atoms with Crippen molar-refractivity contribution in [3.63, 3.8) is 0 Å². The summed E-state index contributed by atoms with van der Waals surface area (Å²) in [7, 11) is -2.04. The molecule has 156 valence electrons. The molecule has 1 aliphatic rings. The van der Waals surface area contributed by atoms with Gasteiger partial charge in [-0.05, 0) is 61.6 Å². The van der Waals surface area contributed by atoms with Gasteiger partial charge in [0.15, 0.2) is 0 Å². The minimum Gasteiger partial charge on any atom is -0.496 e. The fourth-order valence-corrected chi connectivity index (χ4v) is 4.50. The van der Waals surface area contributed by atoms with E-state index in [1.807, 2.05) is 25.1 Å². The predicted molar refractivity (Wildman–Crippen MR) is 110 cm³/mol. The van der Waals surface area contributed by atoms with Crippen LogP contribution in [-0.4, -0.2) is 46.2 Å². The lowest BCUT2D eigenvalue weighted by Gasteiger charge is -2.31. The lowest BCUT2D eigenvalue weighted by atomic mass is 9.97. The zero-order chi connectivity index (χ0) is 20.9. The van der Waals surface area contributed by atoms with Gasteiger partial charge in [0.05, 0.1) is 12.0 Å². The predicted octanol–water partition coefficient (Wildman–Crippen LogP) is 3.19. The monoisotopic (exact) mass is 418 g/mol. The highest BCUT2D eigenvalue weighted by atomic mass is 32.2. The van der Waals surface area contributed by atoms with E-state index in [4.69, 9.17) is 9.47 Å². The number of piperidine rings is 1. The molecule has 8 heteroatoms. The standard InChI is InChI=1S/C21H26N2O5S/c1-16-14-19(8-9-20(16)27-2)29(25,26)22-15-17-10-12-23(13-11-17)21(24)28-18-6-4-3-5-7-18/h3-9,14,17,22H,10-13,15H2,1-2H3. The number of nitrogens with zero attached hydrogens (tertiary/aromatic N) is 1. The van der Waals surface area contributed by atoms with Crippen molar-refractivity contribution in [2.24, 2.45) is 5.92 Å². The largest absolute Gasteiger partial charge is 0.496 e. The molecule has 0 aliphatic carbocycles. The van der Waals surface area contributed by atoms with E-state index in [9.17, 15) is 13.2 Å². The number of amides is 1. The maximum absolute atomic E-state index is 12.6. The summed E-state index contributed by atoms with van der Waals surface area (Å²) in [5.41, 5.74) is 0.764. The third-order valence-electron chi connectivity index (χ3n) is 5.06. The molecule has 7 nitrogen and oxygen atoms in total. The average Bonchev–Trinajstić information content (AvgIpc) is 2.73. The molecule has 1 N–H and O–H groups in total. The van der Waals surface area contributed by atoms with E-state index in [0.717, 1.165) is 5.56 Å². The molecule has 3 rings (SSSR count). The molecular formula is C21H26N2O5S. The van der Waals surface area contributed by atoms with Crippen LogP contribution in [0.25, 0.3) is 0 Å². The molecule has 2 aromatic carbocycles. The van der Waals surface area contributed by atoms with Crippen LogP contribution in [0.3, 0.4) is 0 Å². The molecule has 29 heavy (non-hydrogen) atoms. The molecule has 0 radical (unpaired) electrons. The summed E-state index contributed by atoms with van der Waals surface area (Å²) in [6, 6.07) is 13.7. The minimum absolute atomic E-state index is 0.171. The Labute approximate surface area is 171 Å². The average molecular weight is 419 g/mol.